The van der Waals surface area contributed by atoms with Gasteiger partial charge in [0.05, 0.1) is 9.79 Å². The highest BCUT2D eigenvalue weighted by Gasteiger charge is 2.22. The van der Waals surface area contributed by atoms with Crippen LogP contribution in [0.1, 0.15) is 5.56 Å². The van der Waals surface area contributed by atoms with Gasteiger partial charge in [-0.1, -0.05) is 36.4 Å². The summed E-state index contributed by atoms with van der Waals surface area (Å²) < 4.78 is 49.4. The van der Waals surface area contributed by atoms with E-state index in [1.807, 2.05) is 30.3 Å². The monoisotopic (exact) mass is 339 g/mol. The van der Waals surface area contributed by atoms with Crippen LogP contribution in [0.5, 0.6) is 0 Å². The maximum absolute atomic E-state index is 12.5. The first kappa shape index (κ1) is 16.7. The van der Waals surface area contributed by atoms with Crippen LogP contribution in [-0.2, 0) is 26.4 Å². The molecule has 0 spiro atoms. The van der Waals surface area contributed by atoms with Crippen LogP contribution in [0, 0.1) is 0 Å². The number of sulfonamides is 1. The SMILES string of the molecule is CN(Cc1ccccc1)S(=O)(=O)c1cccc(S(C)(=O)=O)c1. The van der Waals surface area contributed by atoms with Crippen molar-refractivity contribution >= 4 is 19.9 Å². The molecule has 0 heterocycles. The summed E-state index contributed by atoms with van der Waals surface area (Å²) >= 11 is 0. The Kier molecular flexibility index (Phi) is 4.69. The Morgan fingerprint density at radius 2 is 1.45 bits per heavy atom. The highest BCUT2D eigenvalue weighted by molar-refractivity contribution is 7.91. The van der Waals surface area contributed by atoms with Crippen molar-refractivity contribution in [2.75, 3.05) is 13.3 Å². The van der Waals surface area contributed by atoms with Crippen molar-refractivity contribution in [3.05, 3.63) is 60.2 Å². The van der Waals surface area contributed by atoms with Crippen LogP contribution in [0.3, 0.4) is 0 Å². The number of benzene rings is 2. The molecule has 0 N–H and O–H groups in total. The van der Waals surface area contributed by atoms with Gasteiger partial charge in [-0.3, -0.25) is 0 Å². The van der Waals surface area contributed by atoms with Gasteiger partial charge in [0, 0.05) is 19.8 Å². The lowest BCUT2D eigenvalue weighted by Gasteiger charge is -2.17. The van der Waals surface area contributed by atoms with E-state index in [9.17, 15) is 16.8 Å². The van der Waals surface area contributed by atoms with E-state index < -0.39 is 19.9 Å². The van der Waals surface area contributed by atoms with Crippen molar-refractivity contribution in [1.82, 2.24) is 4.31 Å². The second-order valence-electron chi connectivity index (χ2n) is 4.99. The molecule has 0 atom stereocenters. The van der Waals surface area contributed by atoms with Crippen molar-refractivity contribution in [3.63, 3.8) is 0 Å². The van der Waals surface area contributed by atoms with Gasteiger partial charge in [0.2, 0.25) is 10.0 Å². The summed E-state index contributed by atoms with van der Waals surface area (Å²) in [5, 5.41) is 0. The summed E-state index contributed by atoms with van der Waals surface area (Å²) in [6.45, 7) is 0.215. The van der Waals surface area contributed by atoms with Crippen LogP contribution < -0.4 is 0 Å². The van der Waals surface area contributed by atoms with E-state index in [4.69, 9.17) is 0 Å². The van der Waals surface area contributed by atoms with Gasteiger partial charge in [-0.25, -0.2) is 16.8 Å². The molecule has 0 amide bonds. The van der Waals surface area contributed by atoms with Gasteiger partial charge >= 0.3 is 0 Å². The van der Waals surface area contributed by atoms with Gasteiger partial charge in [-0.15, -0.1) is 0 Å². The molecule has 2 aromatic rings. The topological polar surface area (TPSA) is 71.5 Å². The number of sulfone groups is 1. The molecule has 2 aromatic carbocycles. The maximum Gasteiger partial charge on any atom is 0.243 e. The van der Waals surface area contributed by atoms with E-state index in [2.05, 4.69) is 0 Å². The van der Waals surface area contributed by atoms with Crippen LogP contribution >= 0.6 is 0 Å². The van der Waals surface area contributed by atoms with Gasteiger partial charge in [0.15, 0.2) is 9.84 Å². The third-order valence-corrected chi connectivity index (χ3v) is 6.10. The van der Waals surface area contributed by atoms with Gasteiger partial charge in [-0.05, 0) is 23.8 Å². The van der Waals surface area contributed by atoms with Crippen molar-refractivity contribution in [1.29, 1.82) is 0 Å². The summed E-state index contributed by atoms with van der Waals surface area (Å²) in [4.78, 5) is -0.0458. The van der Waals surface area contributed by atoms with E-state index in [1.165, 1.54) is 35.6 Å². The van der Waals surface area contributed by atoms with Gasteiger partial charge < -0.3 is 0 Å². The zero-order valence-corrected chi connectivity index (χ0v) is 13.9. The number of nitrogens with zero attached hydrogens (tertiary/aromatic N) is 1. The number of hydrogen-bond acceptors (Lipinski definition) is 4. The quantitative estimate of drug-likeness (QED) is 0.834. The summed E-state index contributed by atoms with van der Waals surface area (Å²) in [6.07, 6.45) is 1.05. The Balaban J connectivity index is 2.34. The lowest BCUT2D eigenvalue weighted by Crippen LogP contribution is -2.26. The normalized spacial score (nSPS) is 12.5. The molecule has 2 rings (SSSR count). The first-order valence-corrected chi connectivity index (χ1v) is 9.85. The van der Waals surface area contributed by atoms with Crippen molar-refractivity contribution in [2.24, 2.45) is 0 Å². The fraction of sp³-hybridized carbons (Fsp3) is 0.200. The van der Waals surface area contributed by atoms with Crippen LogP contribution in [0.2, 0.25) is 0 Å². The zero-order valence-electron chi connectivity index (χ0n) is 12.3. The lowest BCUT2D eigenvalue weighted by molar-refractivity contribution is 0.466. The summed E-state index contributed by atoms with van der Waals surface area (Å²) in [6, 6.07) is 14.6. The van der Waals surface area contributed by atoms with Gasteiger partial charge in [0.25, 0.3) is 0 Å². The van der Waals surface area contributed by atoms with Gasteiger partial charge in [-0.2, -0.15) is 4.31 Å². The highest BCUT2D eigenvalue weighted by Crippen LogP contribution is 2.20. The average molecular weight is 339 g/mol. The van der Waals surface area contributed by atoms with E-state index in [1.54, 1.807) is 0 Å². The van der Waals surface area contributed by atoms with E-state index >= 15 is 0 Å². The summed E-state index contributed by atoms with van der Waals surface area (Å²) in [5.41, 5.74) is 0.854. The average Bonchev–Trinajstić information content (AvgIpc) is 2.47. The number of rotatable bonds is 5. The van der Waals surface area contributed by atoms with Crippen molar-refractivity contribution in [3.8, 4) is 0 Å². The van der Waals surface area contributed by atoms with Crippen molar-refractivity contribution < 1.29 is 16.8 Å². The minimum absolute atomic E-state index is 0.0123. The predicted octanol–water partition coefficient (Wildman–Crippen LogP) is 1.91. The molecule has 0 aliphatic heterocycles. The maximum atomic E-state index is 12.5. The Morgan fingerprint density at radius 1 is 0.864 bits per heavy atom. The molecule has 7 heteroatoms. The highest BCUT2D eigenvalue weighted by atomic mass is 32.2. The second-order valence-corrected chi connectivity index (χ2v) is 9.05. The molecule has 5 nitrogen and oxygen atoms in total. The third-order valence-electron chi connectivity index (χ3n) is 3.19. The molecule has 22 heavy (non-hydrogen) atoms. The molecule has 0 aliphatic rings. The first-order valence-electron chi connectivity index (χ1n) is 6.51. The van der Waals surface area contributed by atoms with Crippen LogP contribution in [0.15, 0.2) is 64.4 Å². The molecule has 0 saturated heterocycles. The Hall–Kier alpha value is -1.70. The van der Waals surface area contributed by atoms with Gasteiger partial charge in [0.1, 0.15) is 0 Å². The van der Waals surface area contributed by atoms with E-state index in [0.29, 0.717) is 0 Å². The molecule has 0 saturated carbocycles. The van der Waals surface area contributed by atoms with Crippen LogP contribution in [0.25, 0.3) is 0 Å². The molecule has 0 radical (unpaired) electrons. The van der Waals surface area contributed by atoms with Crippen LogP contribution in [0.4, 0.5) is 0 Å². The molecule has 0 aromatic heterocycles. The fourth-order valence-electron chi connectivity index (χ4n) is 1.97. The third kappa shape index (κ3) is 3.73. The minimum atomic E-state index is -3.75. The van der Waals surface area contributed by atoms with E-state index in [0.717, 1.165) is 11.8 Å². The standard InChI is InChI=1S/C15H17NO4S2/c1-16(12-13-7-4-3-5-8-13)22(19,20)15-10-6-9-14(11-15)21(2,17)18/h3-11H,12H2,1-2H3. The largest absolute Gasteiger partial charge is 0.243 e. The molecular formula is C15H17NO4S2. The van der Waals surface area contributed by atoms with Crippen molar-refractivity contribution in [2.45, 2.75) is 16.3 Å². The smallest absolute Gasteiger partial charge is 0.224 e. The molecular weight excluding hydrogens is 322 g/mol. The Bertz CT molecular complexity index is 859. The minimum Gasteiger partial charge on any atom is -0.224 e. The summed E-state index contributed by atoms with van der Waals surface area (Å²) in [7, 11) is -5.74. The molecule has 0 bridgehead atoms. The summed E-state index contributed by atoms with van der Waals surface area (Å²) in [5.74, 6) is 0. The Labute approximate surface area is 131 Å². The Morgan fingerprint density at radius 3 is 2.05 bits per heavy atom. The predicted molar refractivity (Wildman–Crippen MR) is 84.6 cm³/mol. The first-order chi connectivity index (χ1) is 10.2. The van der Waals surface area contributed by atoms with Crippen LogP contribution in [-0.4, -0.2) is 34.4 Å². The molecule has 118 valence electrons. The zero-order chi connectivity index (χ0) is 16.4. The van der Waals surface area contributed by atoms with E-state index in [-0.39, 0.29) is 16.3 Å². The molecule has 0 unspecified atom stereocenters. The molecule has 0 aliphatic carbocycles. The molecule has 0 fully saturated rings. The number of hydrogen-bond donors (Lipinski definition) is 0. The lowest BCUT2D eigenvalue weighted by atomic mass is 10.2. The fourth-order valence-corrected chi connectivity index (χ4v) is 3.92. The second kappa shape index (κ2) is 6.20.